The van der Waals surface area contributed by atoms with Crippen molar-refractivity contribution in [2.24, 2.45) is 0 Å². The fourth-order valence-corrected chi connectivity index (χ4v) is 3.30. The summed E-state index contributed by atoms with van der Waals surface area (Å²) in [4.78, 5) is 11.1. The van der Waals surface area contributed by atoms with Crippen molar-refractivity contribution < 1.29 is 9.90 Å². The zero-order valence-electron chi connectivity index (χ0n) is 8.71. The molecular weight excluding hydrogens is 228 g/mol. The van der Waals surface area contributed by atoms with Crippen LogP contribution in [0, 0.1) is 0 Å². The van der Waals surface area contributed by atoms with E-state index in [1.807, 2.05) is 30.3 Å². The molecule has 1 N–H and O–H groups in total. The van der Waals surface area contributed by atoms with Gasteiger partial charge in [-0.15, -0.1) is 0 Å². The lowest BCUT2D eigenvalue weighted by Gasteiger charge is -2.12. The van der Waals surface area contributed by atoms with Gasteiger partial charge < -0.3 is 5.11 Å². The second-order valence-corrected chi connectivity index (χ2v) is 6.32. The van der Waals surface area contributed by atoms with Gasteiger partial charge in [-0.1, -0.05) is 65.8 Å². The molecule has 0 saturated carbocycles. The molecule has 0 aliphatic carbocycles. The van der Waals surface area contributed by atoms with Crippen LogP contribution in [0.2, 0.25) is 0 Å². The first kappa shape index (κ1) is 12.5. The third-order valence-corrected chi connectivity index (χ3v) is 4.90. The number of rotatable bonds is 5. The first-order valence-corrected chi connectivity index (χ1v) is 6.98. The Labute approximate surface area is 97.9 Å². The van der Waals surface area contributed by atoms with Crippen molar-refractivity contribution in [2.45, 2.75) is 24.3 Å². The smallest absolute Gasteiger partial charge is 0.322 e. The molecule has 2 nitrogen and oxygen atoms in total. The summed E-state index contributed by atoms with van der Waals surface area (Å²) in [5.74, 6) is -0.778. The lowest BCUT2D eigenvalue weighted by atomic mass is 10.1. The highest BCUT2D eigenvalue weighted by Crippen LogP contribution is 2.40. The summed E-state index contributed by atoms with van der Waals surface area (Å²) < 4.78 is 0. The number of carboxylic acids is 1. The Morgan fingerprint density at radius 2 is 1.80 bits per heavy atom. The number of hydrogen-bond donors (Lipinski definition) is 1. The first-order chi connectivity index (χ1) is 7.11. The van der Waals surface area contributed by atoms with Gasteiger partial charge in [0.25, 0.3) is 0 Å². The van der Waals surface area contributed by atoms with Crippen molar-refractivity contribution in [3.05, 3.63) is 35.9 Å². The molecule has 0 fully saturated rings. The van der Waals surface area contributed by atoms with Crippen molar-refractivity contribution in [3.63, 3.8) is 0 Å². The number of hydrogen-bond acceptors (Lipinski definition) is 3. The fourth-order valence-electron chi connectivity index (χ4n) is 1.03. The Morgan fingerprint density at radius 1 is 1.20 bits per heavy atom. The molecule has 4 heteroatoms. The van der Waals surface area contributed by atoms with Gasteiger partial charge in [-0.25, -0.2) is 0 Å². The van der Waals surface area contributed by atoms with Gasteiger partial charge in [0, 0.05) is 5.25 Å². The number of benzene rings is 1. The zero-order chi connectivity index (χ0) is 11.3. The molecule has 0 aliphatic rings. The van der Waals surface area contributed by atoms with E-state index in [9.17, 15) is 4.79 Å². The molecule has 0 amide bonds. The SMILES string of the molecule is CC(C)SSC(C(=O)O)c1ccccc1. The van der Waals surface area contributed by atoms with Crippen molar-refractivity contribution >= 4 is 27.6 Å². The highest BCUT2D eigenvalue weighted by atomic mass is 33.1. The summed E-state index contributed by atoms with van der Waals surface area (Å²) in [7, 11) is 3.01. The van der Waals surface area contributed by atoms with Gasteiger partial charge >= 0.3 is 5.97 Å². The summed E-state index contributed by atoms with van der Waals surface area (Å²) in [6, 6.07) is 9.33. The summed E-state index contributed by atoms with van der Waals surface area (Å²) in [6.45, 7) is 4.11. The Bertz CT molecular complexity index is 312. The predicted octanol–water partition coefficient (Wildman–Crippen LogP) is 3.60. The number of aliphatic carboxylic acids is 1. The van der Waals surface area contributed by atoms with Crippen LogP contribution < -0.4 is 0 Å². The minimum atomic E-state index is -0.778. The molecule has 0 aliphatic heterocycles. The molecule has 1 rings (SSSR count). The Hall–Kier alpha value is -0.610. The molecule has 0 bridgehead atoms. The highest BCUT2D eigenvalue weighted by Gasteiger charge is 2.20. The molecule has 0 aromatic heterocycles. The summed E-state index contributed by atoms with van der Waals surface area (Å²) >= 11 is 0. The van der Waals surface area contributed by atoms with Crippen LogP contribution in [0.3, 0.4) is 0 Å². The maximum absolute atomic E-state index is 11.1. The van der Waals surface area contributed by atoms with Crippen LogP contribution in [0.4, 0.5) is 0 Å². The lowest BCUT2D eigenvalue weighted by Crippen LogP contribution is -2.07. The van der Waals surface area contributed by atoms with Crippen LogP contribution in [0.5, 0.6) is 0 Å². The molecule has 1 aromatic rings. The van der Waals surface area contributed by atoms with E-state index in [-0.39, 0.29) is 0 Å². The van der Waals surface area contributed by atoms with Crippen LogP contribution in [-0.4, -0.2) is 16.3 Å². The molecule has 1 atom stereocenters. The monoisotopic (exact) mass is 242 g/mol. The molecule has 0 heterocycles. The van der Waals surface area contributed by atoms with Crippen LogP contribution in [0.1, 0.15) is 24.7 Å². The van der Waals surface area contributed by atoms with Crippen LogP contribution in [0.25, 0.3) is 0 Å². The normalized spacial score (nSPS) is 12.7. The van der Waals surface area contributed by atoms with Crippen LogP contribution in [-0.2, 0) is 4.79 Å². The molecule has 15 heavy (non-hydrogen) atoms. The van der Waals surface area contributed by atoms with Gasteiger partial charge in [0.1, 0.15) is 5.25 Å². The van der Waals surface area contributed by atoms with Gasteiger partial charge in [-0.05, 0) is 5.56 Å². The van der Waals surface area contributed by atoms with E-state index in [1.165, 1.54) is 10.8 Å². The fraction of sp³-hybridized carbons (Fsp3) is 0.364. The standard InChI is InChI=1S/C11H14O2S2/c1-8(2)14-15-10(11(12)13)9-6-4-3-5-7-9/h3-8,10H,1-2H3,(H,12,13). The van der Waals surface area contributed by atoms with Gasteiger partial charge in [0.15, 0.2) is 0 Å². The molecule has 0 saturated heterocycles. The van der Waals surface area contributed by atoms with E-state index in [1.54, 1.807) is 10.8 Å². The van der Waals surface area contributed by atoms with Crippen molar-refractivity contribution in [2.75, 3.05) is 0 Å². The zero-order valence-corrected chi connectivity index (χ0v) is 10.3. The van der Waals surface area contributed by atoms with E-state index in [4.69, 9.17) is 5.11 Å². The number of carboxylic acid groups (broad SMARTS) is 1. The minimum Gasteiger partial charge on any atom is -0.480 e. The first-order valence-electron chi connectivity index (χ1n) is 4.71. The minimum absolute atomic E-state index is 0.431. The van der Waals surface area contributed by atoms with Crippen LogP contribution >= 0.6 is 21.6 Å². The maximum Gasteiger partial charge on any atom is 0.322 e. The van der Waals surface area contributed by atoms with E-state index in [0.717, 1.165) is 5.56 Å². The molecule has 82 valence electrons. The molecule has 0 spiro atoms. The van der Waals surface area contributed by atoms with E-state index in [0.29, 0.717) is 5.25 Å². The average molecular weight is 242 g/mol. The van der Waals surface area contributed by atoms with Gasteiger partial charge in [0.05, 0.1) is 0 Å². The Balaban J connectivity index is 2.71. The largest absolute Gasteiger partial charge is 0.480 e. The van der Waals surface area contributed by atoms with Gasteiger partial charge in [-0.2, -0.15) is 0 Å². The molecule has 0 radical (unpaired) electrons. The number of carbonyl (C=O) groups is 1. The van der Waals surface area contributed by atoms with Crippen LogP contribution in [0.15, 0.2) is 30.3 Å². The summed E-state index contributed by atoms with van der Waals surface area (Å²) in [5, 5.41) is 9.06. The van der Waals surface area contributed by atoms with Crippen molar-refractivity contribution in [1.82, 2.24) is 0 Å². The topological polar surface area (TPSA) is 37.3 Å². The maximum atomic E-state index is 11.1. The quantitative estimate of drug-likeness (QED) is 0.800. The lowest BCUT2D eigenvalue weighted by molar-refractivity contribution is -0.136. The third kappa shape index (κ3) is 4.18. The van der Waals surface area contributed by atoms with E-state index < -0.39 is 11.2 Å². The summed E-state index contributed by atoms with van der Waals surface area (Å²) in [6.07, 6.45) is 0. The second-order valence-electron chi connectivity index (χ2n) is 3.37. The molecular formula is C11H14O2S2. The molecule has 1 aromatic carbocycles. The van der Waals surface area contributed by atoms with Crippen molar-refractivity contribution in [1.29, 1.82) is 0 Å². The molecule has 1 unspecified atom stereocenters. The van der Waals surface area contributed by atoms with Gasteiger partial charge in [-0.3, -0.25) is 4.79 Å². The van der Waals surface area contributed by atoms with Crippen molar-refractivity contribution in [3.8, 4) is 0 Å². The van der Waals surface area contributed by atoms with Gasteiger partial charge in [0.2, 0.25) is 0 Å². The van der Waals surface area contributed by atoms with E-state index >= 15 is 0 Å². The Kier molecular flexibility index (Phi) is 5.05. The average Bonchev–Trinajstić information content (AvgIpc) is 2.18. The Morgan fingerprint density at radius 3 is 2.27 bits per heavy atom. The second kappa shape index (κ2) is 6.08. The predicted molar refractivity (Wildman–Crippen MR) is 67.1 cm³/mol. The third-order valence-electron chi connectivity index (χ3n) is 1.67. The van der Waals surface area contributed by atoms with E-state index in [2.05, 4.69) is 13.8 Å². The highest BCUT2D eigenvalue weighted by molar-refractivity contribution is 8.77. The summed E-state index contributed by atoms with van der Waals surface area (Å²) in [5.41, 5.74) is 0.850.